The minimum atomic E-state index is -3.62. The fourth-order valence-corrected chi connectivity index (χ4v) is 5.64. The van der Waals surface area contributed by atoms with Crippen LogP contribution in [0.25, 0.3) is 0 Å². The van der Waals surface area contributed by atoms with Gasteiger partial charge in [0.2, 0.25) is 21.8 Å². The summed E-state index contributed by atoms with van der Waals surface area (Å²) in [5.74, 6) is -0.444. The summed E-state index contributed by atoms with van der Waals surface area (Å²) in [6, 6.07) is 23.5. The van der Waals surface area contributed by atoms with Gasteiger partial charge >= 0.3 is 0 Å². The first-order valence-corrected chi connectivity index (χ1v) is 15.2. The second-order valence-electron chi connectivity index (χ2n) is 9.48. The van der Waals surface area contributed by atoms with Gasteiger partial charge in [0, 0.05) is 37.5 Å². The third-order valence-electron chi connectivity index (χ3n) is 6.41. The molecule has 3 aromatic carbocycles. The molecular formula is C30H36ClN3O4S. The number of hydrogen-bond acceptors (Lipinski definition) is 4. The molecule has 0 saturated carbocycles. The van der Waals surface area contributed by atoms with Crippen LogP contribution in [-0.2, 0) is 32.6 Å². The highest BCUT2D eigenvalue weighted by molar-refractivity contribution is 7.92. The van der Waals surface area contributed by atoms with E-state index in [0.717, 1.165) is 22.9 Å². The number of benzene rings is 3. The Morgan fingerprint density at radius 3 is 2.15 bits per heavy atom. The molecule has 0 aliphatic rings. The molecule has 3 aromatic rings. The Labute approximate surface area is 236 Å². The molecule has 1 atom stereocenters. The van der Waals surface area contributed by atoms with Crippen molar-refractivity contribution < 1.29 is 18.0 Å². The number of anilines is 1. The number of likely N-dealkylation sites (N-methyl/N-ethyl adjacent to an activating group) is 1. The van der Waals surface area contributed by atoms with Gasteiger partial charge in [-0.3, -0.25) is 13.9 Å². The molecule has 0 radical (unpaired) electrons. The molecule has 1 N–H and O–H groups in total. The zero-order valence-electron chi connectivity index (χ0n) is 22.6. The minimum Gasteiger partial charge on any atom is -0.355 e. The van der Waals surface area contributed by atoms with Crippen molar-refractivity contribution in [2.24, 2.45) is 0 Å². The molecule has 7 nitrogen and oxygen atoms in total. The number of hydrogen-bond donors (Lipinski definition) is 1. The molecule has 9 heteroatoms. The molecule has 0 spiro atoms. The van der Waals surface area contributed by atoms with E-state index in [-0.39, 0.29) is 37.7 Å². The Bertz CT molecular complexity index is 1350. The van der Waals surface area contributed by atoms with E-state index in [2.05, 4.69) is 5.32 Å². The first-order valence-electron chi connectivity index (χ1n) is 13.0. The lowest BCUT2D eigenvalue weighted by Gasteiger charge is -2.32. The van der Waals surface area contributed by atoms with E-state index in [4.69, 9.17) is 11.6 Å². The van der Waals surface area contributed by atoms with E-state index in [9.17, 15) is 18.0 Å². The molecule has 39 heavy (non-hydrogen) atoms. The number of carbonyl (C=O) groups excluding carboxylic acids is 2. The van der Waals surface area contributed by atoms with Gasteiger partial charge in [-0.25, -0.2) is 8.42 Å². The first kappa shape index (κ1) is 30.2. The molecule has 0 aromatic heterocycles. The van der Waals surface area contributed by atoms with Crippen LogP contribution in [0.1, 0.15) is 36.5 Å². The molecular weight excluding hydrogens is 534 g/mol. The Morgan fingerprint density at radius 2 is 1.56 bits per heavy atom. The van der Waals surface area contributed by atoms with Gasteiger partial charge < -0.3 is 10.2 Å². The zero-order chi connectivity index (χ0) is 28.4. The van der Waals surface area contributed by atoms with E-state index < -0.39 is 16.1 Å². The number of sulfonamides is 1. The smallest absolute Gasteiger partial charge is 0.243 e. The Morgan fingerprint density at radius 1 is 0.949 bits per heavy atom. The van der Waals surface area contributed by atoms with Crippen molar-refractivity contribution in [1.29, 1.82) is 0 Å². The summed E-state index contributed by atoms with van der Waals surface area (Å²) in [6.45, 7) is 4.47. The highest BCUT2D eigenvalue weighted by atomic mass is 35.5. The summed E-state index contributed by atoms with van der Waals surface area (Å²) in [7, 11) is -3.62. The number of aryl methyl sites for hydroxylation is 1. The number of carbonyl (C=O) groups is 2. The lowest BCUT2D eigenvalue weighted by molar-refractivity contribution is -0.141. The van der Waals surface area contributed by atoms with Crippen molar-refractivity contribution in [3.05, 3.63) is 101 Å². The van der Waals surface area contributed by atoms with Gasteiger partial charge in [-0.1, -0.05) is 78.3 Å². The van der Waals surface area contributed by atoms with E-state index in [1.165, 1.54) is 4.31 Å². The quantitative estimate of drug-likeness (QED) is 0.315. The van der Waals surface area contributed by atoms with Crippen LogP contribution in [0.3, 0.4) is 0 Å². The predicted molar refractivity (Wildman–Crippen MR) is 157 cm³/mol. The maximum absolute atomic E-state index is 13.7. The maximum atomic E-state index is 13.7. The van der Waals surface area contributed by atoms with E-state index in [0.29, 0.717) is 23.7 Å². The van der Waals surface area contributed by atoms with Gasteiger partial charge in [0.1, 0.15) is 6.04 Å². The summed E-state index contributed by atoms with van der Waals surface area (Å²) in [6.07, 6.45) is 1.85. The second-order valence-corrected chi connectivity index (χ2v) is 11.8. The van der Waals surface area contributed by atoms with Crippen LogP contribution in [0, 0.1) is 6.92 Å². The highest BCUT2D eigenvalue weighted by Gasteiger charge is 2.30. The summed E-state index contributed by atoms with van der Waals surface area (Å²) in [5, 5.41) is 3.31. The lowest BCUT2D eigenvalue weighted by atomic mass is 10.0. The zero-order valence-corrected chi connectivity index (χ0v) is 24.2. The average Bonchev–Trinajstić information content (AvgIpc) is 2.90. The molecule has 0 aliphatic heterocycles. The average molecular weight is 570 g/mol. The van der Waals surface area contributed by atoms with Crippen LogP contribution < -0.4 is 9.62 Å². The van der Waals surface area contributed by atoms with Gasteiger partial charge in [0.25, 0.3) is 0 Å². The van der Waals surface area contributed by atoms with Crippen LogP contribution in [0.15, 0.2) is 78.9 Å². The van der Waals surface area contributed by atoms with Crippen LogP contribution in [0.5, 0.6) is 0 Å². The minimum absolute atomic E-state index is 0.0726. The van der Waals surface area contributed by atoms with Crippen molar-refractivity contribution in [3.63, 3.8) is 0 Å². The lowest BCUT2D eigenvalue weighted by Crippen LogP contribution is -2.50. The SMILES string of the molecule is CCNC(=O)C(Cc1ccccc1)N(Cc1ccccc1)C(=O)CCCN(c1cc(Cl)ccc1C)S(C)(=O)=O. The van der Waals surface area contributed by atoms with Crippen LogP contribution >= 0.6 is 11.6 Å². The van der Waals surface area contributed by atoms with Crippen LogP contribution in [0.2, 0.25) is 5.02 Å². The molecule has 3 rings (SSSR count). The molecule has 0 bridgehead atoms. The Kier molecular flexibility index (Phi) is 10.9. The Hall–Kier alpha value is -3.36. The normalized spacial score (nSPS) is 12.0. The van der Waals surface area contributed by atoms with Gasteiger partial charge in [0.15, 0.2) is 0 Å². The van der Waals surface area contributed by atoms with E-state index in [1.54, 1.807) is 23.1 Å². The summed E-state index contributed by atoms with van der Waals surface area (Å²) >= 11 is 6.15. The van der Waals surface area contributed by atoms with Gasteiger partial charge in [-0.15, -0.1) is 0 Å². The van der Waals surface area contributed by atoms with Crippen molar-refractivity contribution >= 4 is 39.1 Å². The molecule has 1 unspecified atom stereocenters. The predicted octanol–water partition coefficient (Wildman–Crippen LogP) is 4.97. The largest absolute Gasteiger partial charge is 0.355 e. The standard InChI is InChI=1S/C30H36ClN3O4S/c1-4-32-30(36)28(20-24-12-7-5-8-13-24)33(22-25-14-9-6-10-15-25)29(35)16-11-19-34(39(3,37)38)27-21-26(31)18-17-23(27)2/h5-10,12-15,17-18,21,28H,4,11,16,19-20,22H2,1-3H3,(H,32,36). The maximum Gasteiger partial charge on any atom is 0.243 e. The van der Waals surface area contributed by atoms with Crippen molar-refractivity contribution in [2.45, 2.75) is 45.7 Å². The number of nitrogens with zero attached hydrogens (tertiary/aromatic N) is 2. The number of rotatable bonds is 13. The van der Waals surface area contributed by atoms with Crippen LogP contribution in [-0.4, -0.2) is 50.5 Å². The fourth-order valence-electron chi connectivity index (χ4n) is 4.46. The van der Waals surface area contributed by atoms with Gasteiger partial charge in [0.05, 0.1) is 11.9 Å². The second kappa shape index (κ2) is 14.1. The molecule has 0 heterocycles. The molecule has 0 fully saturated rings. The topological polar surface area (TPSA) is 86.8 Å². The van der Waals surface area contributed by atoms with Crippen LogP contribution in [0.4, 0.5) is 5.69 Å². The number of amides is 2. The number of halogens is 1. The third kappa shape index (κ3) is 8.83. The van der Waals surface area contributed by atoms with Crippen molar-refractivity contribution in [1.82, 2.24) is 10.2 Å². The number of nitrogens with one attached hydrogen (secondary N) is 1. The summed E-state index contributed by atoms with van der Waals surface area (Å²) in [5.41, 5.74) is 3.10. The van der Waals surface area contributed by atoms with Crippen molar-refractivity contribution in [3.8, 4) is 0 Å². The summed E-state index contributed by atoms with van der Waals surface area (Å²) < 4.78 is 26.6. The van der Waals surface area contributed by atoms with E-state index in [1.807, 2.05) is 74.5 Å². The molecule has 2 amide bonds. The monoisotopic (exact) mass is 569 g/mol. The van der Waals surface area contributed by atoms with E-state index >= 15 is 0 Å². The highest BCUT2D eigenvalue weighted by Crippen LogP contribution is 2.27. The summed E-state index contributed by atoms with van der Waals surface area (Å²) in [4.78, 5) is 28.6. The Balaban J connectivity index is 1.86. The molecule has 208 valence electrons. The van der Waals surface area contributed by atoms with Gasteiger partial charge in [-0.2, -0.15) is 0 Å². The third-order valence-corrected chi connectivity index (χ3v) is 7.82. The first-order chi connectivity index (χ1) is 18.6. The molecule has 0 saturated heterocycles. The molecule has 0 aliphatic carbocycles. The fraction of sp³-hybridized carbons (Fsp3) is 0.333. The van der Waals surface area contributed by atoms with Gasteiger partial charge in [-0.05, 0) is 49.1 Å². The van der Waals surface area contributed by atoms with Crippen molar-refractivity contribution in [2.75, 3.05) is 23.7 Å².